The van der Waals surface area contributed by atoms with Crippen molar-refractivity contribution >= 4 is 68.2 Å². The van der Waals surface area contributed by atoms with Crippen molar-refractivity contribution in [2.45, 2.75) is 25.4 Å². The Morgan fingerprint density at radius 2 is 1.81 bits per heavy atom. The van der Waals surface area contributed by atoms with Crippen molar-refractivity contribution in [1.29, 1.82) is 0 Å². The number of methoxy groups -OCH3 is 1. The predicted molar refractivity (Wildman–Crippen MR) is 174 cm³/mol. The zero-order chi connectivity index (χ0) is 30.0. The third kappa shape index (κ3) is 6.08. The van der Waals surface area contributed by atoms with E-state index in [4.69, 9.17) is 10.5 Å². The molecule has 0 saturated carbocycles. The van der Waals surface area contributed by atoms with Gasteiger partial charge in [-0.3, -0.25) is 19.4 Å². The molecule has 3 amide bonds. The van der Waals surface area contributed by atoms with Gasteiger partial charge in [0.1, 0.15) is 11.3 Å². The quantitative estimate of drug-likeness (QED) is 0.283. The van der Waals surface area contributed by atoms with Gasteiger partial charge in [-0.1, -0.05) is 46.3 Å². The Bertz CT molecular complexity index is 1670. The molecule has 4 aromatic rings. The van der Waals surface area contributed by atoms with E-state index < -0.39 is 17.4 Å². The van der Waals surface area contributed by atoms with Gasteiger partial charge in [0.25, 0.3) is 0 Å². The maximum Gasteiger partial charge on any atom is 0.238 e. The number of primary amides is 1. The minimum Gasteiger partial charge on any atom is -0.496 e. The van der Waals surface area contributed by atoms with Crippen LogP contribution >= 0.6 is 28.3 Å². The van der Waals surface area contributed by atoms with Crippen molar-refractivity contribution in [3.63, 3.8) is 0 Å². The number of fused-ring (bicyclic) bond motifs is 2. The largest absolute Gasteiger partial charge is 0.496 e. The van der Waals surface area contributed by atoms with Crippen molar-refractivity contribution < 1.29 is 19.1 Å². The number of benzene rings is 3. The molecule has 43 heavy (non-hydrogen) atoms. The number of nitrogens with one attached hydrogen (secondary N) is 1. The summed E-state index contributed by atoms with van der Waals surface area (Å²) in [4.78, 5) is 48.9. The van der Waals surface area contributed by atoms with Crippen LogP contribution in [0, 0.1) is 5.92 Å². The topological polar surface area (TPSA) is 118 Å². The monoisotopic (exact) mass is 665 g/mol. The van der Waals surface area contributed by atoms with E-state index in [0.717, 1.165) is 20.8 Å². The van der Waals surface area contributed by atoms with Crippen molar-refractivity contribution in [3.8, 4) is 5.75 Å². The molecule has 0 bridgehead atoms. The highest BCUT2D eigenvalue weighted by Crippen LogP contribution is 2.40. The second-order valence-corrected chi connectivity index (χ2v) is 11.3. The molecule has 0 saturated heterocycles. The highest BCUT2D eigenvalue weighted by atomic mass is 79.9. The molecule has 0 spiro atoms. The Hall–Kier alpha value is -3.99. The van der Waals surface area contributed by atoms with E-state index in [-0.39, 0.29) is 43.7 Å². The third-order valence-electron chi connectivity index (χ3n) is 8.07. The lowest BCUT2D eigenvalue weighted by Gasteiger charge is -2.36. The van der Waals surface area contributed by atoms with Crippen LogP contribution in [0.1, 0.15) is 18.2 Å². The summed E-state index contributed by atoms with van der Waals surface area (Å²) in [7, 11) is 3.18. The van der Waals surface area contributed by atoms with Gasteiger partial charge in [0.2, 0.25) is 17.7 Å². The number of nitrogens with zero attached hydrogens (tertiary/aromatic N) is 3. The second-order valence-electron chi connectivity index (χ2n) is 10.4. The smallest absolute Gasteiger partial charge is 0.238 e. The van der Waals surface area contributed by atoms with E-state index in [2.05, 4.69) is 26.2 Å². The van der Waals surface area contributed by atoms with Gasteiger partial charge in [-0.15, -0.1) is 12.4 Å². The number of para-hydroxylation sites is 2. The number of carbonyl (C=O) groups excluding carboxylic acids is 3. The van der Waals surface area contributed by atoms with Crippen LogP contribution in [0.2, 0.25) is 0 Å². The van der Waals surface area contributed by atoms with Crippen LogP contribution in [0.5, 0.6) is 5.75 Å². The third-order valence-corrected chi connectivity index (χ3v) is 8.56. The molecule has 1 unspecified atom stereocenters. The van der Waals surface area contributed by atoms with Gasteiger partial charge in [-0.05, 0) is 67.2 Å². The van der Waals surface area contributed by atoms with Crippen LogP contribution < -0.4 is 25.6 Å². The number of rotatable bonds is 8. The van der Waals surface area contributed by atoms with Gasteiger partial charge in [-0.2, -0.15) is 0 Å². The molecule has 11 heteroatoms. The number of likely N-dealkylation sites (N-methyl/N-ethyl adjacent to an activating group) is 1. The molecule has 0 aliphatic carbocycles. The van der Waals surface area contributed by atoms with E-state index in [1.165, 1.54) is 0 Å². The van der Waals surface area contributed by atoms with Gasteiger partial charge < -0.3 is 25.6 Å². The minimum atomic E-state index is -1.45. The molecule has 1 aliphatic heterocycles. The first kappa shape index (κ1) is 31.9. The Balaban J connectivity index is 0.00000423. The summed E-state index contributed by atoms with van der Waals surface area (Å²) in [5.74, 6) is -1.68. The summed E-state index contributed by atoms with van der Waals surface area (Å²) in [5.41, 5.74) is 6.94. The molecular formula is C32H33BrClN5O4. The van der Waals surface area contributed by atoms with Crippen LogP contribution in [-0.4, -0.2) is 48.9 Å². The molecule has 1 aromatic heterocycles. The maximum atomic E-state index is 14.6. The summed E-state index contributed by atoms with van der Waals surface area (Å²) >= 11 is 3.54. The number of hydrogen-bond acceptors (Lipinski definition) is 6. The summed E-state index contributed by atoms with van der Waals surface area (Å²) < 4.78 is 6.68. The summed E-state index contributed by atoms with van der Waals surface area (Å²) in [6.45, 7) is 1.68. The van der Waals surface area contributed by atoms with Crippen LogP contribution in [0.25, 0.3) is 10.8 Å². The van der Waals surface area contributed by atoms with Crippen LogP contribution in [0.4, 0.5) is 11.4 Å². The average Bonchev–Trinajstić information content (AvgIpc) is 3.11. The van der Waals surface area contributed by atoms with E-state index in [1.807, 2.05) is 60.7 Å². The Morgan fingerprint density at radius 3 is 2.47 bits per heavy atom. The normalized spacial score (nSPS) is 16.1. The minimum absolute atomic E-state index is 0. The zero-order valence-electron chi connectivity index (χ0n) is 24.0. The van der Waals surface area contributed by atoms with Crippen LogP contribution in [-0.2, 0) is 27.3 Å². The fourth-order valence-corrected chi connectivity index (χ4v) is 5.87. The first-order valence-corrected chi connectivity index (χ1v) is 14.3. The first-order valence-electron chi connectivity index (χ1n) is 13.5. The number of carbonyl (C=O) groups is 3. The van der Waals surface area contributed by atoms with Crippen molar-refractivity contribution in [2.75, 3.05) is 30.5 Å². The number of nitrogens with two attached hydrogens (primary N) is 1. The molecule has 224 valence electrons. The molecular weight excluding hydrogens is 634 g/mol. The van der Waals surface area contributed by atoms with E-state index >= 15 is 0 Å². The maximum absolute atomic E-state index is 14.6. The molecule has 0 fully saturated rings. The summed E-state index contributed by atoms with van der Waals surface area (Å²) in [6, 6.07) is 22.4. The number of amides is 3. The lowest BCUT2D eigenvalue weighted by Crippen LogP contribution is -2.63. The number of aromatic nitrogens is 1. The highest BCUT2D eigenvalue weighted by Gasteiger charge is 2.48. The Kier molecular flexibility index (Phi) is 9.74. The zero-order valence-corrected chi connectivity index (χ0v) is 26.4. The van der Waals surface area contributed by atoms with Gasteiger partial charge in [-0.25, -0.2) is 0 Å². The van der Waals surface area contributed by atoms with Crippen molar-refractivity contribution in [3.05, 3.63) is 94.7 Å². The molecule has 5 rings (SSSR count). The average molecular weight is 667 g/mol. The molecule has 0 radical (unpaired) electrons. The van der Waals surface area contributed by atoms with E-state index in [9.17, 15) is 14.4 Å². The van der Waals surface area contributed by atoms with Gasteiger partial charge in [0.05, 0.1) is 37.4 Å². The van der Waals surface area contributed by atoms with E-state index in [1.54, 1.807) is 49.2 Å². The van der Waals surface area contributed by atoms with Crippen molar-refractivity contribution in [2.24, 2.45) is 11.7 Å². The predicted octanol–water partition coefficient (Wildman–Crippen LogP) is 4.63. The van der Waals surface area contributed by atoms with Crippen molar-refractivity contribution in [1.82, 2.24) is 10.3 Å². The number of ether oxygens (including phenoxy) is 1. The van der Waals surface area contributed by atoms with Gasteiger partial charge in [0.15, 0.2) is 0 Å². The van der Waals surface area contributed by atoms with Crippen LogP contribution in [0.15, 0.2) is 83.5 Å². The standard InChI is InChI=1S/C32H32BrN5O4.ClH/c1-32(35-2,31(34)41)25-19-37(29(39)17-22-8-6-7-15-36-22)26-9-4-5-10-27(26)38(30(25)40)18-24-23-13-12-21(33)16-20(23)11-14-28(24)42-3;/h4-16,25,35H,17-19H2,1-3H3,(H2,34,41);1H/t25?,32-;/m0./s1. The summed E-state index contributed by atoms with van der Waals surface area (Å²) in [6.07, 6.45) is 1.66. The second kappa shape index (κ2) is 13.1. The number of anilines is 2. The number of pyridine rings is 1. The molecule has 1 aliphatic rings. The highest BCUT2D eigenvalue weighted by molar-refractivity contribution is 9.10. The molecule has 2 atom stereocenters. The molecule has 3 N–H and O–H groups in total. The lowest BCUT2D eigenvalue weighted by atomic mass is 9.83. The molecule has 9 nitrogen and oxygen atoms in total. The summed E-state index contributed by atoms with van der Waals surface area (Å²) in [5, 5.41) is 4.87. The Labute approximate surface area is 264 Å². The van der Waals surface area contributed by atoms with Crippen LogP contribution in [0.3, 0.4) is 0 Å². The Morgan fingerprint density at radius 1 is 1.09 bits per heavy atom. The molecule has 3 aromatic carbocycles. The fraction of sp³-hybridized carbons (Fsp3) is 0.250. The fourth-order valence-electron chi connectivity index (χ4n) is 5.50. The lowest BCUT2D eigenvalue weighted by molar-refractivity contribution is -0.133. The first-order chi connectivity index (χ1) is 20.2. The number of halogens is 2. The van der Waals surface area contributed by atoms with Gasteiger partial charge >= 0.3 is 0 Å². The van der Waals surface area contributed by atoms with E-state index in [0.29, 0.717) is 22.8 Å². The molecule has 2 heterocycles. The van der Waals surface area contributed by atoms with Gasteiger partial charge in [0, 0.05) is 28.5 Å². The number of hydrogen-bond donors (Lipinski definition) is 2. The SMILES string of the molecule is CN[C@](C)(C(N)=O)C1CN(C(=O)Cc2ccccn2)c2ccccc2N(Cc2c(OC)ccc3cc(Br)ccc23)C1=O.Cl.